The van der Waals surface area contributed by atoms with Crippen molar-refractivity contribution in [3.05, 3.63) is 138 Å². The molecule has 0 bridgehead atoms. The van der Waals surface area contributed by atoms with E-state index in [1.54, 1.807) is 33.9 Å². The van der Waals surface area contributed by atoms with Crippen LogP contribution in [0.15, 0.2) is 109 Å². The van der Waals surface area contributed by atoms with E-state index in [2.05, 4.69) is 47.1 Å². The largest absolute Gasteiger partial charge is 0.359 e. The second-order valence-corrected chi connectivity index (χ2v) is 10.0. The molecule has 4 aromatic heterocycles. The highest BCUT2D eigenvalue weighted by Gasteiger charge is 2.32. The molecule has 8 nitrogen and oxygen atoms in total. The molecule has 0 saturated carbocycles. The maximum absolute atomic E-state index is 9.42. The number of hydrogen-bond donors (Lipinski definition) is 0. The van der Waals surface area contributed by atoms with Crippen molar-refractivity contribution in [3.63, 3.8) is 0 Å². The number of benzene rings is 2. The van der Waals surface area contributed by atoms with E-state index in [1.165, 1.54) is 0 Å². The van der Waals surface area contributed by atoms with Crippen LogP contribution in [0, 0.1) is 17.9 Å². The molecule has 4 heterocycles. The molecule has 42 heavy (non-hydrogen) atoms. The minimum atomic E-state index is -0.574. The molecule has 6 rings (SSSR count). The van der Waals surface area contributed by atoms with Crippen molar-refractivity contribution in [2.24, 2.45) is 0 Å². The van der Waals surface area contributed by atoms with Gasteiger partial charge in [-0.05, 0) is 66.0 Å². The summed E-state index contributed by atoms with van der Waals surface area (Å²) in [5.41, 5.74) is 5.21. The summed E-state index contributed by atoms with van der Waals surface area (Å²) in [7, 11) is 0. The molecular weight excluding hydrogens is 520 g/mol. The zero-order chi connectivity index (χ0) is 29.1. The van der Waals surface area contributed by atoms with Crippen LogP contribution < -0.4 is 0 Å². The Kier molecular flexibility index (Phi) is 6.88. The summed E-state index contributed by atoms with van der Waals surface area (Å²) in [5.74, 6) is 1.58. The van der Waals surface area contributed by atoms with Crippen LogP contribution in [0.3, 0.4) is 0 Å². The van der Waals surface area contributed by atoms with Crippen molar-refractivity contribution in [1.82, 2.24) is 29.5 Å². The second kappa shape index (κ2) is 11.0. The monoisotopic (exact) mass is 546 g/mol. The third-order valence-electron chi connectivity index (χ3n) is 7.58. The highest BCUT2D eigenvalue weighted by atomic mass is 15.3. The van der Waals surface area contributed by atoms with E-state index >= 15 is 0 Å². The molecule has 0 N–H and O–H groups in total. The Hall–Kier alpha value is -5.86. The molecule has 1 unspecified atom stereocenters. The van der Waals surface area contributed by atoms with Gasteiger partial charge in [-0.15, -0.1) is 4.68 Å². The molecule has 2 aromatic carbocycles. The maximum atomic E-state index is 9.42. The van der Waals surface area contributed by atoms with Crippen molar-refractivity contribution in [3.8, 4) is 40.0 Å². The summed E-state index contributed by atoms with van der Waals surface area (Å²) >= 11 is 0. The average Bonchev–Trinajstić information content (AvgIpc) is 3.75. The molecule has 0 saturated heterocycles. The van der Waals surface area contributed by atoms with Crippen LogP contribution >= 0.6 is 0 Å². The number of nitrogens with zero attached hydrogens (tertiary/aromatic N) is 8. The third-order valence-corrected chi connectivity index (χ3v) is 7.58. The second-order valence-electron chi connectivity index (χ2n) is 10.0. The molecule has 0 aliphatic heterocycles. The minimum absolute atomic E-state index is 0.304. The van der Waals surface area contributed by atoms with E-state index in [9.17, 15) is 5.26 Å². The summed E-state index contributed by atoms with van der Waals surface area (Å²) in [4.78, 5) is 13.8. The fourth-order valence-corrected chi connectivity index (χ4v) is 5.03. The first-order chi connectivity index (χ1) is 20.5. The van der Waals surface area contributed by atoms with Crippen molar-refractivity contribution in [1.29, 1.82) is 5.26 Å². The average molecular weight is 547 g/mol. The normalized spacial score (nSPS) is 12.3. The fourth-order valence-electron chi connectivity index (χ4n) is 5.03. The van der Waals surface area contributed by atoms with Crippen LogP contribution in [0.5, 0.6) is 0 Å². The van der Waals surface area contributed by atoms with E-state index in [0.717, 1.165) is 40.1 Å². The van der Waals surface area contributed by atoms with Gasteiger partial charge in [0.15, 0.2) is 17.3 Å². The summed E-state index contributed by atoms with van der Waals surface area (Å²) in [6.07, 6.45) is 4.25. The van der Waals surface area contributed by atoms with Crippen molar-refractivity contribution < 1.29 is 0 Å². The smallest absolute Gasteiger partial charge is 0.295 e. The first-order valence-electron chi connectivity index (χ1n) is 13.6. The van der Waals surface area contributed by atoms with Crippen LogP contribution in [0.2, 0.25) is 0 Å². The number of aromatic nitrogens is 6. The van der Waals surface area contributed by atoms with Gasteiger partial charge in [-0.1, -0.05) is 74.2 Å². The predicted octanol–water partition coefficient (Wildman–Crippen LogP) is 7.32. The van der Waals surface area contributed by atoms with Gasteiger partial charge in [-0.2, -0.15) is 10.4 Å². The number of hydrogen-bond acceptors (Lipinski definition) is 5. The van der Waals surface area contributed by atoms with Gasteiger partial charge >= 0.3 is 0 Å². The lowest BCUT2D eigenvalue weighted by Gasteiger charge is -2.29. The van der Waals surface area contributed by atoms with E-state index in [1.807, 2.05) is 72.8 Å². The maximum Gasteiger partial charge on any atom is 0.295 e. The molecule has 0 amide bonds. The van der Waals surface area contributed by atoms with Crippen LogP contribution in [0.4, 0.5) is 5.82 Å². The lowest BCUT2D eigenvalue weighted by atomic mass is 9.79. The Morgan fingerprint density at radius 2 is 1.26 bits per heavy atom. The van der Waals surface area contributed by atoms with Gasteiger partial charge in [0, 0.05) is 23.5 Å². The summed E-state index contributed by atoms with van der Waals surface area (Å²) < 4.78 is 3.33. The topological polar surface area (TPSA) is 89.6 Å². The summed E-state index contributed by atoms with van der Waals surface area (Å²) in [6, 6.07) is 33.7. The molecule has 0 aliphatic rings. The first-order valence-corrected chi connectivity index (χ1v) is 13.6. The lowest BCUT2D eigenvalue weighted by molar-refractivity contribution is 0.513. The Morgan fingerprint density at radius 1 is 0.738 bits per heavy atom. The van der Waals surface area contributed by atoms with Crippen LogP contribution in [-0.4, -0.2) is 29.5 Å². The first kappa shape index (κ1) is 26.4. The fraction of sp³-hybridized carbons (Fsp3) is 0.118. The SMILES string of the molecule is [C-]#[N+]c1ccn(-c2nc(C(C)(CC)c3ccc(-c4ccccc4)c(-n4ccc(C#N)n4)n3)ccc2-c2ccccc2)n1. The van der Waals surface area contributed by atoms with Gasteiger partial charge in [-0.25, -0.2) is 14.6 Å². The molecule has 6 aromatic rings. The number of rotatable bonds is 7. The minimum Gasteiger partial charge on any atom is -0.359 e. The van der Waals surface area contributed by atoms with Gasteiger partial charge < -0.3 is 4.85 Å². The Morgan fingerprint density at radius 3 is 1.71 bits per heavy atom. The van der Waals surface area contributed by atoms with Crippen molar-refractivity contribution in [2.45, 2.75) is 25.7 Å². The molecule has 0 spiro atoms. The third kappa shape index (κ3) is 4.72. The molecular formula is C34H26N8. The number of pyridine rings is 2. The van der Waals surface area contributed by atoms with Crippen molar-refractivity contribution in [2.75, 3.05) is 0 Å². The van der Waals surface area contributed by atoms with Gasteiger partial charge in [0.2, 0.25) is 0 Å². The molecule has 0 radical (unpaired) electrons. The van der Waals surface area contributed by atoms with Gasteiger partial charge in [0.1, 0.15) is 6.07 Å². The molecule has 8 heteroatoms. The zero-order valence-electron chi connectivity index (χ0n) is 23.2. The Balaban J connectivity index is 1.53. The van der Waals surface area contributed by atoms with Gasteiger partial charge in [-0.3, -0.25) is 0 Å². The predicted molar refractivity (Wildman–Crippen MR) is 161 cm³/mol. The molecule has 0 aliphatic carbocycles. The molecule has 202 valence electrons. The molecule has 1 atom stereocenters. The Bertz CT molecular complexity index is 1820. The highest BCUT2D eigenvalue weighted by Crippen LogP contribution is 2.38. The van der Waals surface area contributed by atoms with Gasteiger partial charge in [0.25, 0.3) is 5.82 Å². The van der Waals surface area contributed by atoms with E-state index < -0.39 is 5.41 Å². The molecule has 0 fully saturated rings. The van der Waals surface area contributed by atoms with E-state index in [0.29, 0.717) is 23.1 Å². The summed E-state index contributed by atoms with van der Waals surface area (Å²) in [5, 5.41) is 18.3. The van der Waals surface area contributed by atoms with E-state index in [-0.39, 0.29) is 0 Å². The lowest BCUT2D eigenvalue weighted by Crippen LogP contribution is -2.27. The standard InChI is InChI=1S/C34H26N8/c1-4-34(2,29-17-15-27(24-11-7-5-8-12-24)32(37-29)41-21-19-26(23-35)39-41)30-18-16-28(25-13-9-6-10-14-25)33(38-30)42-22-20-31(36-3)40-42/h5-22H,4H2,1-2H3. The quantitative estimate of drug-likeness (QED) is 0.196. The summed E-state index contributed by atoms with van der Waals surface area (Å²) in [6.45, 7) is 11.6. The Labute approximate surface area is 244 Å². The highest BCUT2D eigenvalue weighted by molar-refractivity contribution is 5.72. The van der Waals surface area contributed by atoms with Crippen molar-refractivity contribution >= 4 is 5.82 Å². The van der Waals surface area contributed by atoms with E-state index in [4.69, 9.17) is 16.5 Å². The van der Waals surface area contributed by atoms with Crippen LogP contribution in [-0.2, 0) is 5.41 Å². The van der Waals surface area contributed by atoms with Crippen LogP contribution in [0.1, 0.15) is 37.4 Å². The zero-order valence-corrected chi connectivity index (χ0v) is 23.2. The number of nitriles is 1. The van der Waals surface area contributed by atoms with Gasteiger partial charge in [0.05, 0.1) is 16.8 Å². The van der Waals surface area contributed by atoms with Crippen LogP contribution in [0.25, 0.3) is 38.7 Å².